The predicted octanol–water partition coefficient (Wildman–Crippen LogP) is 10.1. The molecule has 0 rings (SSSR count). The molecule has 0 aliphatic heterocycles. The van der Waals surface area contributed by atoms with Gasteiger partial charge in [-0.3, -0.25) is 24.0 Å². The fourth-order valence-corrected chi connectivity index (χ4v) is 8.36. The molecule has 0 aromatic heterocycles. The lowest BCUT2D eigenvalue weighted by atomic mass is 9.92. The van der Waals surface area contributed by atoms with Gasteiger partial charge in [0.1, 0.15) is 31.2 Å². The first-order valence-electron chi connectivity index (χ1n) is 29.9. The molecule has 6 N–H and O–H groups in total. The van der Waals surface area contributed by atoms with E-state index in [4.69, 9.17) is 73.1 Å². The summed E-state index contributed by atoms with van der Waals surface area (Å²) in [4.78, 5) is 56.4. The van der Waals surface area contributed by atoms with Crippen molar-refractivity contribution in [3.8, 4) is 12.1 Å². The molecule has 0 fully saturated rings. The predicted molar refractivity (Wildman–Crippen MR) is 342 cm³/mol. The summed E-state index contributed by atoms with van der Waals surface area (Å²) in [6, 6.07) is 5.31. The molecule has 87 heavy (non-hydrogen) atoms. The molecule has 0 aromatic carbocycles. The van der Waals surface area contributed by atoms with Gasteiger partial charge in [0.25, 0.3) is 17.1 Å². The molecule has 23 nitrogen and oxygen atoms in total. The van der Waals surface area contributed by atoms with Crippen LogP contribution >= 0.6 is 17.1 Å². The molecule has 516 valence electrons. The fraction of sp³-hybridized carbons (Fsp3) is 0.887. The van der Waals surface area contributed by atoms with Crippen LogP contribution in [-0.4, -0.2) is 185 Å². The monoisotopic (exact) mass is 1290 g/mol. The van der Waals surface area contributed by atoms with Gasteiger partial charge < -0.3 is 67.7 Å². The summed E-state index contributed by atoms with van der Waals surface area (Å²) in [6.07, 6.45) is -1.27. The van der Waals surface area contributed by atoms with E-state index in [0.717, 1.165) is 0 Å². The van der Waals surface area contributed by atoms with E-state index < -0.39 is 62.9 Å². The van der Waals surface area contributed by atoms with E-state index in [1.807, 2.05) is 27.7 Å². The third-order valence-electron chi connectivity index (χ3n) is 10.6. The SMILES string of the molecule is CC(=O)C(C)(C)C.CC(C)(C)C(=O)OCC(O)COC(=O)C(C)(C)C.CC(CO)CO.CC(COC(=O)C(C)(C)C)COC(=O)C(C)(C)C.CC(COP(OCCC#N)N(C(C)C)C(C)C)COP(OCCC#N)N(C(C)C)C(C)C.OCC(O)CO. The number of nitriles is 2. The average Bonchev–Trinajstić information content (AvgIpc) is 3.61. The van der Waals surface area contributed by atoms with E-state index in [-0.39, 0.29) is 118 Å². The van der Waals surface area contributed by atoms with Crippen molar-refractivity contribution in [1.29, 1.82) is 10.5 Å². The second kappa shape index (κ2) is 50.5. The number of ketones is 1. The average molecular weight is 1290 g/mol. The standard InChI is InChI=1S/C22H44N4O4P2.C14H26O4.C13H24O5.C6H12O.C4H10O2.C3H8O3/c1-18(2)25(19(3)4)31(27-14-10-12-23)29-16-22(9)17-30-32(28-15-11-13-24)26(20(5)6)21(7)8;1-10(8-17-11(15)13(2,3)4)9-18-12(16)14(5,6)7;1-12(2,3)10(15)17-7-9(14)8-18-11(16)13(4,5)6;1-5(7)6(2,3)4;1-4(2-5)3-6;4-1-3(6)2-5/h18-22H,10-11,14-17H2,1-9H3;10H,8-9H2,1-7H3;9,14H,7-8H2,1-6H3;1-4H3;4-6H,2-3H2,1H3;3-6H,1-2H2. The van der Waals surface area contributed by atoms with Gasteiger partial charge in [0.15, 0.2) is 0 Å². The van der Waals surface area contributed by atoms with Gasteiger partial charge in [-0.25, -0.2) is 9.34 Å². The third-order valence-corrected chi connectivity index (χ3v) is 14.8. The van der Waals surface area contributed by atoms with Gasteiger partial charge in [-0.2, -0.15) is 10.5 Å². The highest BCUT2D eigenvalue weighted by molar-refractivity contribution is 7.44. The first kappa shape index (κ1) is 95.0. The van der Waals surface area contributed by atoms with E-state index in [1.165, 1.54) is 0 Å². The number of aliphatic hydroxyl groups excluding tert-OH is 6. The van der Waals surface area contributed by atoms with Crippen LogP contribution in [-0.2, 0) is 61.0 Å². The lowest BCUT2D eigenvalue weighted by Gasteiger charge is -2.37. The maximum absolute atomic E-state index is 11.5. The Morgan fingerprint density at radius 1 is 0.391 bits per heavy atom. The Balaban J connectivity index is -0.000000254. The summed E-state index contributed by atoms with van der Waals surface area (Å²) >= 11 is 0. The number of rotatable bonds is 30. The summed E-state index contributed by atoms with van der Waals surface area (Å²) in [7, 11) is -2.53. The van der Waals surface area contributed by atoms with Crippen LogP contribution < -0.4 is 0 Å². The zero-order valence-electron chi connectivity index (χ0n) is 58.8. The molecule has 0 radical (unpaired) electrons. The Bertz CT molecular complexity index is 1680. The molecular formula is C62H124N4O19P2. The van der Waals surface area contributed by atoms with E-state index in [2.05, 4.69) is 83.8 Å². The second-order valence-corrected chi connectivity index (χ2v) is 30.1. The summed E-state index contributed by atoms with van der Waals surface area (Å²) < 4.78 is 48.9. The minimum absolute atomic E-state index is 0.00241. The number of hydrogen-bond acceptors (Lipinski definition) is 23. The van der Waals surface area contributed by atoms with Crippen LogP contribution in [0.25, 0.3) is 0 Å². The Kier molecular flexibility index (Phi) is 55.2. The van der Waals surface area contributed by atoms with Crippen molar-refractivity contribution in [2.45, 2.75) is 236 Å². The lowest BCUT2D eigenvalue weighted by Crippen LogP contribution is -2.34. The fourth-order valence-electron chi connectivity index (χ4n) is 4.91. The summed E-state index contributed by atoms with van der Waals surface area (Å²) in [5.41, 5.74) is -2.35. The van der Waals surface area contributed by atoms with Crippen LogP contribution in [0.2, 0.25) is 0 Å². The van der Waals surface area contributed by atoms with Crippen molar-refractivity contribution in [3.05, 3.63) is 0 Å². The highest BCUT2D eigenvalue weighted by Gasteiger charge is 2.31. The van der Waals surface area contributed by atoms with Gasteiger partial charge in [0.2, 0.25) is 0 Å². The van der Waals surface area contributed by atoms with Gasteiger partial charge in [0, 0.05) is 60.5 Å². The van der Waals surface area contributed by atoms with Crippen molar-refractivity contribution in [3.63, 3.8) is 0 Å². The number of aliphatic hydroxyl groups is 6. The maximum atomic E-state index is 11.5. The number of carbonyl (C=O) groups is 5. The smallest absolute Gasteiger partial charge is 0.311 e. The minimum atomic E-state index is -1.26. The van der Waals surface area contributed by atoms with Crippen molar-refractivity contribution in [2.75, 3.05) is 79.3 Å². The summed E-state index contributed by atoms with van der Waals surface area (Å²) in [5, 5.41) is 67.6. The number of hydrogen-bond donors (Lipinski definition) is 6. The first-order valence-corrected chi connectivity index (χ1v) is 32.2. The molecule has 2 atom stereocenters. The van der Waals surface area contributed by atoms with E-state index in [9.17, 15) is 29.1 Å². The second-order valence-electron chi connectivity index (χ2n) is 27.2. The maximum Gasteiger partial charge on any atom is 0.311 e. The zero-order valence-corrected chi connectivity index (χ0v) is 60.6. The first-order chi connectivity index (χ1) is 39.5. The number of nitrogens with zero attached hydrogens (tertiary/aromatic N) is 4. The highest BCUT2D eigenvalue weighted by Crippen LogP contribution is 2.48. The van der Waals surface area contributed by atoms with Gasteiger partial charge in [0.05, 0.1) is 99.5 Å². The third kappa shape index (κ3) is 55.5. The van der Waals surface area contributed by atoms with Gasteiger partial charge in [-0.15, -0.1) is 0 Å². The van der Waals surface area contributed by atoms with E-state index >= 15 is 0 Å². The molecule has 0 spiro atoms. The summed E-state index contributed by atoms with van der Waals surface area (Å²) in [6.45, 7) is 52.6. The van der Waals surface area contributed by atoms with Crippen LogP contribution in [0, 0.1) is 67.5 Å². The largest absolute Gasteiger partial charge is 0.465 e. The Morgan fingerprint density at radius 2 is 0.632 bits per heavy atom. The Labute approximate surface area is 528 Å². The highest BCUT2D eigenvalue weighted by atomic mass is 31.2. The van der Waals surface area contributed by atoms with Gasteiger partial charge in [-0.05, 0) is 145 Å². The van der Waals surface area contributed by atoms with Crippen molar-refractivity contribution >= 4 is 46.7 Å². The summed E-state index contributed by atoms with van der Waals surface area (Å²) in [5.74, 6) is -0.855. The van der Waals surface area contributed by atoms with Crippen molar-refractivity contribution < 1.29 is 91.7 Å². The number of esters is 4. The molecule has 0 aliphatic rings. The molecule has 0 aliphatic carbocycles. The normalized spacial score (nSPS) is 13.0. The molecule has 0 saturated heterocycles. The van der Waals surface area contributed by atoms with Crippen LogP contribution in [0.3, 0.4) is 0 Å². The topological polar surface area (TPSA) is 335 Å². The molecule has 0 aromatic rings. The quantitative estimate of drug-likeness (QED) is 0.0168. The Hall–Kier alpha value is -3.09. The number of carbonyl (C=O) groups excluding carboxylic acids is 5. The Morgan fingerprint density at radius 3 is 0.805 bits per heavy atom. The van der Waals surface area contributed by atoms with E-state index in [0.29, 0.717) is 39.3 Å². The van der Waals surface area contributed by atoms with Crippen molar-refractivity contribution in [2.24, 2.45) is 44.8 Å². The molecule has 2 unspecified atom stereocenters. The molecule has 0 bridgehead atoms. The van der Waals surface area contributed by atoms with Crippen LogP contribution in [0.5, 0.6) is 0 Å². The van der Waals surface area contributed by atoms with Gasteiger partial charge >= 0.3 is 23.9 Å². The number of ether oxygens (including phenoxy) is 4. The zero-order chi connectivity index (χ0) is 69.9. The molecule has 0 amide bonds. The minimum Gasteiger partial charge on any atom is -0.465 e. The van der Waals surface area contributed by atoms with Crippen LogP contribution in [0.15, 0.2) is 0 Å². The van der Waals surface area contributed by atoms with Crippen LogP contribution in [0.4, 0.5) is 0 Å². The number of Topliss-reactive ketones (excluding diaryl/α,β-unsaturated/α-hetero) is 1. The van der Waals surface area contributed by atoms with E-state index in [1.54, 1.807) is 96.9 Å². The molecular weight excluding hydrogens is 1170 g/mol. The van der Waals surface area contributed by atoms with Crippen molar-refractivity contribution in [1.82, 2.24) is 9.34 Å². The molecule has 25 heteroatoms. The molecule has 0 heterocycles. The van der Waals surface area contributed by atoms with Gasteiger partial charge in [-0.1, -0.05) is 41.5 Å². The molecule has 0 saturated carbocycles. The van der Waals surface area contributed by atoms with Crippen LogP contribution in [0.1, 0.15) is 200 Å². The lowest BCUT2D eigenvalue weighted by molar-refractivity contribution is -0.162.